The van der Waals surface area contributed by atoms with Crippen LogP contribution in [0.4, 0.5) is 9.18 Å². The van der Waals surface area contributed by atoms with E-state index in [1.165, 1.54) is 6.07 Å². The Morgan fingerprint density at radius 1 is 1.50 bits per heavy atom. The predicted molar refractivity (Wildman–Crippen MR) is 114 cm³/mol. The number of carbonyl (C=O) groups excluding carboxylic acids is 1. The molecule has 7 nitrogen and oxygen atoms in total. The first-order chi connectivity index (χ1) is 14.3. The van der Waals surface area contributed by atoms with E-state index < -0.39 is 17.3 Å². The fraction of sp³-hybridized carbons (Fsp3) is 0.619. The van der Waals surface area contributed by atoms with Crippen LogP contribution in [-0.2, 0) is 4.74 Å². The third-order valence-corrected chi connectivity index (χ3v) is 6.56. The smallest absolute Gasteiger partial charge is 0.317 e. The van der Waals surface area contributed by atoms with Gasteiger partial charge in [0.2, 0.25) is 0 Å². The lowest BCUT2D eigenvalue weighted by Gasteiger charge is -2.43. The second-order valence-corrected chi connectivity index (χ2v) is 8.89. The maximum atomic E-state index is 14.9. The molecule has 3 N–H and O–H groups in total. The SMILES string of the molecule is COCCCNC(=O)N1CCC(C(C)(C)C(O)c2c(F)c(Cl)cc3cn[nH]c23)CC1. The Balaban J connectivity index is 1.68. The number of hydrogen-bond acceptors (Lipinski definition) is 4. The number of piperidine rings is 1. The molecule has 1 aliphatic heterocycles. The van der Waals surface area contributed by atoms with Crippen LogP contribution in [0, 0.1) is 17.2 Å². The molecule has 1 aliphatic rings. The number of aromatic nitrogens is 2. The van der Waals surface area contributed by atoms with Crippen molar-refractivity contribution in [3.05, 3.63) is 28.7 Å². The van der Waals surface area contributed by atoms with Crippen molar-refractivity contribution in [2.45, 2.75) is 39.2 Å². The number of carbonyl (C=O) groups is 1. The molecule has 0 spiro atoms. The van der Waals surface area contributed by atoms with Crippen LogP contribution in [0.15, 0.2) is 12.3 Å². The van der Waals surface area contributed by atoms with Crippen molar-refractivity contribution in [3.63, 3.8) is 0 Å². The molecule has 2 amide bonds. The number of fused-ring (bicyclic) bond motifs is 1. The van der Waals surface area contributed by atoms with Gasteiger partial charge < -0.3 is 20.1 Å². The summed E-state index contributed by atoms with van der Waals surface area (Å²) in [5.41, 5.74) is -0.00594. The van der Waals surface area contributed by atoms with Crippen LogP contribution in [0.5, 0.6) is 0 Å². The van der Waals surface area contributed by atoms with Gasteiger partial charge in [-0.2, -0.15) is 5.10 Å². The van der Waals surface area contributed by atoms with Crippen molar-refractivity contribution in [2.75, 3.05) is 33.4 Å². The maximum Gasteiger partial charge on any atom is 0.317 e. The largest absolute Gasteiger partial charge is 0.388 e. The van der Waals surface area contributed by atoms with Crippen LogP contribution >= 0.6 is 11.6 Å². The summed E-state index contributed by atoms with van der Waals surface area (Å²) in [6.07, 6.45) is 2.71. The lowest BCUT2D eigenvalue weighted by atomic mass is 9.68. The molecular formula is C21H30ClFN4O3. The molecule has 1 unspecified atom stereocenters. The molecule has 2 heterocycles. The summed E-state index contributed by atoms with van der Waals surface area (Å²) in [6, 6.07) is 1.42. The van der Waals surface area contributed by atoms with Crippen molar-refractivity contribution in [2.24, 2.45) is 11.3 Å². The number of H-pyrrole nitrogens is 1. The van der Waals surface area contributed by atoms with E-state index in [-0.39, 0.29) is 22.5 Å². The third kappa shape index (κ3) is 4.55. The van der Waals surface area contributed by atoms with Crippen LogP contribution in [-0.4, -0.2) is 59.6 Å². The number of amides is 2. The zero-order valence-electron chi connectivity index (χ0n) is 17.7. The molecule has 3 rings (SSSR count). The van der Waals surface area contributed by atoms with Crippen molar-refractivity contribution in [1.82, 2.24) is 20.4 Å². The molecule has 30 heavy (non-hydrogen) atoms. The molecule has 1 aromatic carbocycles. The number of aliphatic hydroxyl groups excluding tert-OH is 1. The van der Waals surface area contributed by atoms with E-state index in [4.69, 9.17) is 16.3 Å². The Kier molecular flexibility index (Phi) is 7.21. The van der Waals surface area contributed by atoms with Gasteiger partial charge in [0.05, 0.1) is 22.8 Å². The van der Waals surface area contributed by atoms with Gasteiger partial charge in [0.25, 0.3) is 0 Å². The van der Waals surface area contributed by atoms with Crippen LogP contribution < -0.4 is 5.32 Å². The van der Waals surface area contributed by atoms with Gasteiger partial charge in [-0.05, 0) is 36.7 Å². The molecule has 0 saturated carbocycles. The molecule has 2 aromatic rings. The van der Waals surface area contributed by atoms with Crippen LogP contribution in [0.3, 0.4) is 0 Å². The average Bonchev–Trinajstić information content (AvgIpc) is 3.19. The first-order valence-corrected chi connectivity index (χ1v) is 10.7. The van der Waals surface area contributed by atoms with Crippen molar-refractivity contribution < 1.29 is 19.0 Å². The molecule has 0 aliphatic carbocycles. The van der Waals surface area contributed by atoms with E-state index in [9.17, 15) is 14.3 Å². The van der Waals surface area contributed by atoms with Gasteiger partial charge >= 0.3 is 6.03 Å². The molecule has 1 atom stereocenters. The number of urea groups is 1. The Bertz CT molecular complexity index is 881. The van der Waals surface area contributed by atoms with Crippen molar-refractivity contribution >= 4 is 28.5 Å². The monoisotopic (exact) mass is 440 g/mol. The van der Waals surface area contributed by atoms with Gasteiger partial charge in [-0.3, -0.25) is 5.10 Å². The van der Waals surface area contributed by atoms with Crippen LogP contribution in [0.25, 0.3) is 10.9 Å². The Morgan fingerprint density at radius 2 is 2.20 bits per heavy atom. The van der Waals surface area contributed by atoms with Gasteiger partial charge in [0.1, 0.15) is 5.82 Å². The average molecular weight is 441 g/mol. The molecule has 1 fully saturated rings. The van der Waals surface area contributed by atoms with Crippen LogP contribution in [0.1, 0.15) is 44.8 Å². The molecule has 9 heteroatoms. The van der Waals surface area contributed by atoms with Crippen molar-refractivity contribution in [1.29, 1.82) is 0 Å². The number of methoxy groups -OCH3 is 1. The zero-order chi connectivity index (χ0) is 21.9. The van der Waals surface area contributed by atoms with Gasteiger partial charge in [-0.15, -0.1) is 0 Å². The first-order valence-electron chi connectivity index (χ1n) is 10.3. The highest BCUT2D eigenvalue weighted by Gasteiger charge is 2.41. The highest BCUT2D eigenvalue weighted by Crippen LogP contribution is 2.47. The molecule has 0 radical (unpaired) electrons. The summed E-state index contributed by atoms with van der Waals surface area (Å²) in [7, 11) is 1.63. The highest BCUT2D eigenvalue weighted by molar-refractivity contribution is 6.31. The van der Waals surface area contributed by atoms with Gasteiger partial charge in [-0.25, -0.2) is 9.18 Å². The van der Waals surface area contributed by atoms with Gasteiger partial charge in [-0.1, -0.05) is 25.4 Å². The van der Waals surface area contributed by atoms with Gasteiger partial charge in [0, 0.05) is 44.3 Å². The van der Waals surface area contributed by atoms with E-state index in [0.29, 0.717) is 37.1 Å². The number of halogens is 2. The molecule has 1 aromatic heterocycles. The maximum absolute atomic E-state index is 14.9. The molecule has 166 valence electrons. The van der Waals surface area contributed by atoms with E-state index in [1.807, 2.05) is 13.8 Å². The quantitative estimate of drug-likeness (QED) is 0.570. The standard InChI is InChI=1S/C21H30ClFN4O3/c1-21(2,14-5-8-27(9-6-14)20(29)24-7-4-10-30-3)19(28)16-17(23)15(22)11-13-12-25-26-18(13)16/h11-12,14,19,28H,4-10H2,1-3H3,(H,24,29)(H,25,26). The first kappa shape index (κ1) is 22.8. The lowest BCUT2D eigenvalue weighted by molar-refractivity contribution is -0.0161. The minimum absolute atomic E-state index is 0.0336. The number of ether oxygens (including phenoxy) is 1. The minimum atomic E-state index is -1.07. The Morgan fingerprint density at radius 3 is 2.87 bits per heavy atom. The Hall–Kier alpha value is -1.90. The number of nitrogens with zero attached hydrogens (tertiary/aromatic N) is 2. The van der Waals surface area contributed by atoms with E-state index >= 15 is 0 Å². The number of hydrogen-bond donors (Lipinski definition) is 3. The number of aliphatic hydroxyl groups is 1. The normalized spacial score (nSPS) is 16.8. The number of rotatable bonds is 7. The fourth-order valence-electron chi connectivity index (χ4n) is 4.26. The lowest BCUT2D eigenvalue weighted by Crippen LogP contribution is -2.47. The summed E-state index contributed by atoms with van der Waals surface area (Å²) >= 11 is 6.06. The number of nitrogens with one attached hydrogen (secondary N) is 2. The summed E-state index contributed by atoms with van der Waals surface area (Å²) in [5.74, 6) is -0.511. The summed E-state index contributed by atoms with van der Waals surface area (Å²) < 4.78 is 19.9. The molecular weight excluding hydrogens is 411 g/mol. The summed E-state index contributed by atoms with van der Waals surface area (Å²) in [4.78, 5) is 14.1. The van der Waals surface area contributed by atoms with E-state index in [1.54, 1.807) is 18.2 Å². The molecule has 0 bridgehead atoms. The summed E-state index contributed by atoms with van der Waals surface area (Å²) in [5, 5.41) is 21.5. The van der Waals surface area contributed by atoms with Gasteiger partial charge in [0.15, 0.2) is 0 Å². The number of likely N-dealkylation sites (tertiary alicyclic amines) is 1. The predicted octanol–water partition coefficient (Wildman–Crippen LogP) is 3.87. The fourth-order valence-corrected chi connectivity index (χ4v) is 4.48. The topological polar surface area (TPSA) is 90.5 Å². The third-order valence-electron chi connectivity index (χ3n) is 6.28. The molecule has 1 saturated heterocycles. The second kappa shape index (κ2) is 9.49. The zero-order valence-corrected chi connectivity index (χ0v) is 18.4. The van der Waals surface area contributed by atoms with Crippen molar-refractivity contribution in [3.8, 4) is 0 Å². The van der Waals surface area contributed by atoms with E-state index in [2.05, 4.69) is 15.5 Å². The van der Waals surface area contributed by atoms with E-state index in [0.717, 1.165) is 19.3 Å². The van der Waals surface area contributed by atoms with Crippen LogP contribution in [0.2, 0.25) is 5.02 Å². The number of aromatic amines is 1. The summed E-state index contributed by atoms with van der Waals surface area (Å²) in [6.45, 7) is 6.24. The highest BCUT2D eigenvalue weighted by atomic mass is 35.5. The Labute approximate surface area is 180 Å². The minimum Gasteiger partial charge on any atom is -0.388 e. The second-order valence-electron chi connectivity index (χ2n) is 8.48. The number of benzene rings is 1.